The van der Waals surface area contributed by atoms with Crippen molar-refractivity contribution >= 4 is 39.1 Å². The van der Waals surface area contributed by atoms with Gasteiger partial charge in [-0.3, -0.25) is 14.5 Å². The summed E-state index contributed by atoms with van der Waals surface area (Å²) in [5.74, 6) is 1.25. The first-order chi connectivity index (χ1) is 15.2. The van der Waals surface area contributed by atoms with Gasteiger partial charge in [-0.1, -0.05) is 60.7 Å². The summed E-state index contributed by atoms with van der Waals surface area (Å²) < 4.78 is 0.988. The van der Waals surface area contributed by atoms with Gasteiger partial charge in [0.25, 0.3) is 0 Å². The molecule has 4 aromatic rings. The van der Waals surface area contributed by atoms with Crippen LogP contribution in [-0.4, -0.2) is 16.8 Å². The molecule has 0 aliphatic carbocycles. The number of anilines is 1. The zero-order valence-corrected chi connectivity index (χ0v) is 17.4. The Labute approximate surface area is 184 Å². The Bertz CT molecular complexity index is 1250. The molecular weight excluding hydrogens is 406 g/mol. The summed E-state index contributed by atoms with van der Waals surface area (Å²) in [7, 11) is 0. The van der Waals surface area contributed by atoms with Crippen LogP contribution in [0.1, 0.15) is 17.2 Å². The molecule has 6 heteroatoms. The molecule has 0 bridgehead atoms. The van der Waals surface area contributed by atoms with E-state index in [9.17, 15) is 9.59 Å². The first-order valence-corrected chi connectivity index (χ1v) is 10.5. The second-order valence-corrected chi connectivity index (χ2v) is 7.73. The molecule has 0 aliphatic heterocycles. The fraction of sp³-hybridized carbons (Fsp3) is 0.0800. The van der Waals surface area contributed by atoms with Crippen molar-refractivity contribution in [3.8, 4) is 12.3 Å². The largest absolute Gasteiger partial charge is 0.350 e. The minimum atomic E-state index is -0.926. The van der Waals surface area contributed by atoms with E-state index < -0.39 is 11.9 Å². The minimum absolute atomic E-state index is 0.322. The first kappa shape index (κ1) is 20.3. The van der Waals surface area contributed by atoms with Crippen LogP contribution in [0, 0.1) is 12.3 Å². The average Bonchev–Trinajstić information content (AvgIpc) is 3.29. The van der Waals surface area contributed by atoms with E-state index in [0.29, 0.717) is 17.8 Å². The lowest BCUT2D eigenvalue weighted by Crippen LogP contribution is -2.43. The van der Waals surface area contributed by atoms with Crippen LogP contribution in [0.25, 0.3) is 10.2 Å². The van der Waals surface area contributed by atoms with Crippen LogP contribution in [0.3, 0.4) is 0 Å². The molecule has 1 aromatic heterocycles. The smallest absolute Gasteiger partial charge is 0.303 e. The van der Waals surface area contributed by atoms with Gasteiger partial charge < -0.3 is 5.32 Å². The molecule has 0 aliphatic rings. The maximum absolute atomic E-state index is 13.4. The highest BCUT2D eigenvalue weighted by molar-refractivity contribution is 7.16. The molecule has 31 heavy (non-hydrogen) atoms. The summed E-state index contributed by atoms with van der Waals surface area (Å²) >= 11 is 1.50. The number of rotatable bonds is 6. The molecule has 0 spiro atoms. The molecule has 1 N–H and O–H groups in total. The van der Waals surface area contributed by atoms with Gasteiger partial charge in [-0.25, -0.2) is 4.98 Å². The van der Waals surface area contributed by atoms with Gasteiger partial charge in [0.1, 0.15) is 6.04 Å². The van der Waals surface area contributed by atoms with Gasteiger partial charge in [0, 0.05) is 12.2 Å². The lowest BCUT2D eigenvalue weighted by molar-refractivity contribution is -0.125. The fourth-order valence-electron chi connectivity index (χ4n) is 3.38. The Hall–Kier alpha value is -3.95. The Morgan fingerprint density at radius 2 is 1.74 bits per heavy atom. The highest BCUT2D eigenvalue weighted by Gasteiger charge is 2.32. The Balaban J connectivity index is 1.74. The second-order valence-electron chi connectivity index (χ2n) is 6.84. The van der Waals surface area contributed by atoms with E-state index in [2.05, 4.69) is 16.2 Å². The third-order valence-corrected chi connectivity index (χ3v) is 5.68. The molecule has 1 atom stereocenters. The standard InChI is InChI=1S/C25H19N3O2S/c1-2-23(29)28(20-13-14-22-21(15-20)27-17-31-22)24(19-11-7-4-8-12-19)25(30)26-16-18-9-5-3-6-10-18/h1,3-15,17,24H,16H2,(H,26,30). The van der Waals surface area contributed by atoms with Crippen molar-refractivity contribution in [2.75, 3.05) is 4.90 Å². The third-order valence-electron chi connectivity index (χ3n) is 4.87. The van der Waals surface area contributed by atoms with Crippen molar-refractivity contribution < 1.29 is 9.59 Å². The molecule has 0 fully saturated rings. The van der Waals surface area contributed by atoms with E-state index in [0.717, 1.165) is 15.8 Å². The molecule has 0 saturated heterocycles. The molecular formula is C25H19N3O2S. The minimum Gasteiger partial charge on any atom is -0.350 e. The summed E-state index contributed by atoms with van der Waals surface area (Å²) in [5, 5.41) is 2.94. The number of aromatic nitrogens is 1. The van der Waals surface area contributed by atoms with E-state index in [1.165, 1.54) is 16.2 Å². The number of nitrogens with one attached hydrogen (secondary N) is 1. The van der Waals surface area contributed by atoms with Gasteiger partial charge in [0.15, 0.2) is 0 Å². The van der Waals surface area contributed by atoms with Crippen molar-refractivity contribution in [3.05, 3.63) is 95.5 Å². The predicted molar refractivity (Wildman–Crippen MR) is 123 cm³/mol. The Kier molecular flexibility index (Phi) is 6.06. The SMILES string of the molecule is C#CC(=O)N(c1ccc2scnc2c1)C(C(=O)NCc1ccccc1)c1ccccc1. The van der Waals surface area contributed by atoms with Crippen molar-refractivity contribution in [3.63, 3.8) is 0 Å². The number of hydrogen-bond donors (Lipinski definition) is 1. The molecule has 0 saturated carbocycles. The summed E-state index contributed by atoms with van der Waals surface area (Å²) in [5.41, 5.74) is 4.62. The van der Waals surface area contributed by atoms with Gasteiger partial charge in [-0.05, 0) is 35.2 Å². The van der Waals surface area contributed by atoms with Crippen molar-refractivity contribution in [1.82, 2.24) is 10.3 Å². The molecule has 2 amide bonds. The zero-order valence-electron chi connectivity index (χ0n) is 16.6. The van der Waals surface area contributed by atoms with Crippen molar-refractivity contribution in [2.45, 2.75) is 12.6 Å². The Morgan fingerprint density at radius 1 is 1.03 bits per heavy atom. The summed E-state index contributed by atoms with van der Waals surface area (Å²) in [6.45, 7) is 0.339. The average molecular weight is 426 g/mol. The van der Waals surface area contributed by atoms with Crippen LogP contribution in [0.15, 0.2) is 84.4 Å². The third kappa shape index (κ3) is 4.47. The van der Waals surface area contributed by atoms with E-state index in [-0.39, 0.29) is 5.91 Å². The van der Waals surface area contributed by atoms with Crippen molar-refractivity contribution in [1.29, 1.82) is 0 Å². The fourth-order valence-corrected chi connectivity index (χ4v) is 4.04. The predicted octanol–water partition coefficient (Wildman–Crippen LogP) is 4.32. The van der Waals surface area contributed by atoms with Gasteiger partial charge in [0.05, 0.1) is 15.7 Å². The van der Waals surface area contributed by atoms with E-state index in [4.69, 9.17) is 6.42 Å². The van der Waals surface area contributed by atoms with E-state index in [1.54, 1.807) is 17.6 Å². The topological polar surface area (TPSA) is 62.3 Å². The summed E-state index contributed by atoms with van der Waals surface area (Å²) in [6.07, 6.45) is 5.50. The quantitative estimate of drug-likeness (QED) is 0.468. The second kappa shape index (κ2) is 9.24. The number of nitrogens with zero attached hydrogens (tertiary/aromatic N) is 2. The van der Waals surface area contributed by atoms with Gasteiger partial charge in [0.2, 0.25) is 5.91 Å². The number of fused-ring (bicyclic) bond motifs is 1. The maximum atomic E-state index is 13.4. The van der Waals surface area contributed by atoms with Crippen LogP contribution in [0.2, 0.25) is 0 Å². The highest BCUT2D eigenvalue weighted by atomic mass is 32.1. The normalized spacial score (nSPS) is 11.5. The summed E-state index contributed by atoms with van der Waals surface area (Å²) in [6, 6.07) is 23.2. The summed E-state index contributed by atoms with van der Waals surface area (Å²) in [4.78, 5) is 31.9. The number of thiazole rings is 1. The van der Waals surface area contributed by atoms with Crippen molar-refractivity contribution in [2.24, 2.45) is 0 Å². The van der Waals surface area contributed by atoms with Crippen LogP contribution in [-0.2, 0) is 16.1 Å². The molecule has 5 nitrogen and oxygen atoms in total. The molecule has 3 aromatic carbocycles. The number of carbonyl (C=O) groups is 2. The van der Waals surface area contributed by atoms with E-state index >= 15 is 0 Å². The number of terminal acetylenes is 1. The molecule has 1 heterocycles. The molecule has 1 unspecified atom stereocenters. The molecule has 152 valence electrons. The molecule has 0 radical (unpaired) electrons. The Morgan fingerprint density at radius 3 is 2.45 bits per heavy atom. The number of hydrogen-bond acceptors (Lipinski definition) is 4. The zero-order chi connectivity index (χ0) is 21.6. The maximum Gasteiger partial charge on any atom is 0.303 e. The van der Waals surface area contributed by atoms with Gasteiger partial charge in [-0.2, -0.15) is 0 Å². The number of benzene rings is 3. The van der Waals surface area contributed by atoms with Crippen LogP contribution >= 0.6 is 11.3 Å². The van der Waals surface area contributed by atoms with Gasteiger partial charge >= 0.3 is 5.91 Å². The van der Waals surface area contributed by atoms with E-state index in [1.807, 2.05) is 66.7 Å². The monoisotopic (exact) mass is 425 g/mol. The lowest BCUT2D eigenvalue weighted by Gasteiger charge is -2.30. The van der Waals surface area contributed by atoms with Gasteiger partial charge in [-0.15, -0.1) is 17.8 Å². The highest BCUT2D eigenvalue weighted by Crippen LogP contribution is 2.31. The first-order valence-electron chi connectivity index (χ1n) is 9.67. The van der Waals surface area contributed by atoms with Crippen LogP contribution in [0.4, 0.5) is 5.69 Å². The molecule has 4 rings (SSSR count). The van der Waals surface area contributed by atoms with Crippen LogP contribution < -0.4 is 10.2 Å². The number of carbonyl (C=O) groups excluding carboxylic acids is 2. The lowest BCUT2D eigenvalue weighted by atomic mass is 10.0. The van der Waals surface area contributed by atoms with Crippen LogP contribution in [0.5, 0.6) is 0 Å². The number of amides is 2.